The van der Waals surface area contributed by atoms with Crippen molar-refractivity contribution in [3.05, 3.63) is 35.4 Å². The highest BCUT2D eigenvalue weighted by Crippen LogP contribution is 2.22. The molecular formula is C13H15F2NO2. The zero-order valence-electron chi connectivity index (χ0n) is 10.1. The normalized spacial score (nSPS) is 21.1. The average molecular weight is 255 g/mol. The molecule has 98 valence electrons. The first-order chi connectivity index (χ1) is 8.47. The SMILES string of the molecule is CC(O)C1CCN(C(=O)c2cc(F)cc(F)c2)C1. The van der Waals surface area contributed by atoms with Crippen LogP contribution in [-0.2, 0) is 0 Å². The second kappa shape index (κ2) is 5.02. The summed E-state index contributed by atoms with van der Waals surface area (Å²) in [6, 6.07) is 2.79. The molecule has 2 rings (SSSR count). The number of rotatable bonds is 2. The van der Waals surface area contributed by atoms with Crippen LogP contribution in [0, 0.1) is 17.6 Å². The van der Waals surface area contributed by atoms with Crippen LogP contribution in [0.1, 0.15) is 23.7 Å². The van der Waals surface area contributed by atoms with Gasteiger partial charge in [0.05, 0.1) is 6.10 Å². The molecule has 1 heterocycles. The number of aliphatic hydroxyl groups excluding tert-OH is 1. The van der Waals surface area contributed by atoms with E-state index >= 15 is 0 Å². The Balaban J connectivity index is 2.12. The van der Waals surface area contributed by atoms with Crippen molar-refractivity contribution < 1.29 is 18.7 Å². The van der Waals surface area contributed by atoms with E-state index in [1.54, 1.807) is 6.92 Å². The molecule has 0 aromatic heterocycles. The lowest BCUT2D eigenvalue weighted by Crippen LogP contribution is -2.30. The second-order valence-corrected chi connectivity index (χ2v) is 4.70. The van der Waals surface area contributed by atoms with Gasteiger partial charge in [-0.2, -0.15) is 0 Å². The molecule has 0 saturated carbocycles. The fourth-order valence-corrected chi connectivity index (χ4v) is 2.23. The van der Waals surface area contributed by atoms with Gasteiger partial charge in [-0.3, -0.25) is 4.79 Å². The highest BCUT2D eigenvalue weighted by molar-refractivity contribution is 5.94. The van der Waals surface area contributed by atoms with E-state index in [1.807, 2.05) is 0 Å². The predicted octanol–water partition coefficient (Wildman–Crippen LogP) is 1.81. The fourth-order valence-electron chi connectivity index (χ4n) is 2.23. The van der Waals surface area contributed by atoms with E-state index in [2.05, 4.69) is 0 Å². The Morgan fingerprint density at radius 3 is 2.50 bits per heavy atom. The van der Waals surface area contributed by atoms with Crippen LogP contribution in [0.2, 0.25) is 0 Å². The molecular weight excluding hydrogens is 240 g/mol. The van der Waals surface area contributed by atoms with E-state index in [0.29, 0.717) is 19.5 Å². The molecule has 2 unspecified atom stereocenters. The van der Waals surface area contributed by atoms with Crippen molar-refractivity contribution in [2.24, 2.45) is 5.92 Å². The summed E-state index contributed by atoms with van der Waals surface area (Å²) in [5.74, 6) is -1.88. The minimum atomic E-state index is -0.760. The van der Waals surface area contributed by atoms with Crippen molar-refractivity contribution in [2.75, 3.05) is 13.1 Å². The maximum atomic E-state index is 13.0. The van der Waals surface area contributed by atoms with Gasteiger partial charge in [-0.15, -0.1) is 0 Å². The number of halogens is 2. The first-order valence-electron chi connectivity index (χ1n) is 5.91. The van der Waals surface area contributed by atoms with Crippen molar-refractivity contribution in [1.82, 2.24) is 4.90 Å². The summed E-state index contributed by atoms with van der Waals surface area (Å²) in [6.45, 7) is 2.61. The van der Waals surface area contributed by atoms with Crippen molar-refractivity contribution >= 4 is 5.91 Å². The quantitative estimate of drug-likeness (QED) is 0.875. The summed E-state index contributed by atoms with van der Waals surface area (Å²) in [6.07, 6.45) is 0.230. The topological polar surface area (TPSA) is 40.5 Å². The molecule has 0 bridgehead atoms. The predicted molar refractivity (Wildman–Crippen MR) is 62.0 cm³/mol. The van der Waals surface area contributed by atoms with E-state index in [0.717, 1.165) is 18.2 Å². The molecule has 1 N–H and O–H groups in total. The first-order valence-corrected chi connectivity index (χ1v) is 5.91. The molecule has 1 aliphatic heterocycles. The van der Waals surface area contributed by atoms with Crippen LogP contribution in [0.15, 0.2) is 18.2 Å². The first kappa shape index (κ1) is 13.0. The summed E-state index contributed by atoms with van der Waals surface area (Å²) in [5, 5.41) is 9.45. The van der Waals surface area contributed by atoms with Gasteiger partial charge in [-0.1, -0.05) is 0 Å². The van der Waals surface area contributed by atoms with E-state index in [9.17, 15) is 18.7 Å². The number of likely N-dealkylation sites (tertiary alicyclic amines) is 1. The lowest BCUT2D eigenvalue weighted by Gasteiger charge is -2.17. The molecule has 0 aliphatic carbocycles. The van der Waals surface area contributed by atoms with E-state index in [-0.39, 0.29) is 11.5 Å². The lowest BCUT2D eigenvalue weighted by molar-refractivity contribution is 0.0761. The maximum absolute atomic E-state index is 13.0. The smallest absolute Gasteiger partial charge is 0.254 e. The third-order valence-electron chi connectivity index (χ3n) is 3.30. The fraction of sp³-hybridized carbons (Fsp3) is 0.462. The minimum Gasteiger partial charge on any atom is -0.393 e. The summed E-state index contributed by atoms with van der Waals surface area (Å²) in [5.41, 5.74) is 0.0127. The van der Waals surface area contributed by atoms with E-state index in [1.165, 1.54) is 4.90 Å². The second-order valence-electron chi connectivity index (χ2n) is 4.70. The number of nitrogens with zero attached hydrogens (tertiary/aromatic N) is 1. The van der Waals surface area contributed by atoms with Gasteiger partial charge in [0.25, 0.3) is 5.91 Å². The zero-order chi connectivity index (χ0) is 13.3. The van der Waals surface area contributed by atoms with Crippen molar-refractivity contribution in [3.63, 3.8) is 0 Å². The Kier molecular flexibility index (Phi) is 3.61. The van der Waals surface area contributed by atoms with Crippen LogP contribution < -0.4 is 0 Å². The van der Waals surface area contributed by atoms with Gasteiger partial charge in [-0.05, 0) is 25.5 Å². The number of carbonyl (C=O) groups is 1. The molecule has 0 spiro atoms. The summed E-state index contributed by atoms with van der Waals surface area (Å²) >= 11 is 0. The summed E-state index contributed by atoms with van der Waals surface area (Å²) in [7, 11) is 0. The summed E-state index contributed by atoms with van der Waals surface area (Å²) in [4.78, 5) is 13.5. The minimum absolute atomic E-state index is 0.0127. The number of aliphatic hydroxyl groups is 1. The molecule has 3 nitrogen and oxygen atoms in total. The Labute approximate surface area is 104 Å². The molecule has 1 aliphatic rings. The van der Waals surface area contributed by atoms with Crippen molar-refractivity contribution in [2.45, 2.75) is 19.4 Å². The number of amides is 1. The number of hydrogen-bond acceptors (Lipinski definition) is 2. The average Bonchev–Trinajstić information content (AvgIpc) is 2.75. The molecule has 18 heavy (non-hydrogen) atoms. The van der Waals surface area contributed by atoms with Crippen LogP contribution in [-0.4, -0.2) is 35.1 Å². The number of hydrogen-bond donors (Lipinski definition) is 1. The Morgan fingerprint density at radius 1 is 1.39 bits per heavy atom. The molecule has 1 aromatic rings. The van der Waals surface area contributed by atoms with Gasteiger partial charge >= 0.3 is 0 Å². The lowest BCUT2D eigenvalue weighted by atomic mass is 10.0. The third-order valence-corrected chi connectivity index (χ3v) is 3.30. The number of carbonyl (C=O) groups excluding carboxylic acids is 1. The van der Waals surface area contributed by atoms with Crippen LogP contribution in [0.4, 0.5) is 8.78 Å². The van der Waals surface area contributed by atoms with Gasteiger partial charge in [0.1, 0.15) is 11.6 Å². The molecule has 2 atom stereocenters. The Morgan fingerprint density at radius 2 is 2.00 bits per heavy atom. The highest BCUT2D eigenvalue weighted by Gasteiger charge is 2.29. The number of benzene rings is 1. The molecule has 1 aromatic carbocycles. The third kappa shape index (κ3) is 2.67. The maximum Gasteiger partial charge on any atom is 0.254 e. The standard InChI is InChI=1S/C13H15F2NO2/c1-8(17)9-2-3-16(7-9)13(18)10-4-11(14)6-12(15)5-10/h4-6,8-9,17H,2-3,7H2,1H3. The van der Waals surface area contributed by atoms with Crippen molar-refractivity contribution in [1.29, 1.82) is 0 Å². The van der Waals surface area contributed by atoms with Crippen LogP contribution in [0.3, 0.4) is 0 Å². The largest absolute Gasteiger partial charge is 0.393 e. The van der Waals surface area contributed by atoms with Gasteiger partial charge in [0.2, 0.25) is 0 Å². The molecule has 0 radical (unpaired) electrons. The van der Waals surface area contributed by atoms with Gasteiger partial charge in [0.15, 0.2) is 0 Å². The Hall–Kier alpha value is -1.49. The van der Waals surface area contributed by atoms with Gasteiger partial charge in [0, 0.05) is 30.6 Å². The van der Waals surface area contributed by atoms with Crippen LogP contribution in [0.25, 0.3) is 0 Å². The van der Waals surface area contributed by atoms with Crippen molar-refractivity contribution in [3.8, 4) is 0 Å². The van der Waals surface area contributed by atoms with Crippen LogP contribution in [0.5, 0.6) is 0 Å². The molecule has 1 amide bonds. The highest BCUT2D eigenvalue weighted by atomic mass is 19.1. The molecule has 5 heteroatoms. The molecule has 1 saturated heterocycles. The van der Waals surface area contributed by atoms with E-state index in [4.69, 9.17) is 0 Å². The van der Waals surface area contributed by atoms with E-state index < -0.39 is 23.6 Å². The Bertz CT molecular complexity index is 442. The van der Waals surface area contributed by atoms with Crippen LogP contribution >= 0.6 is 0 Å². The molecule has 1 fully saturated rings. The van der Waals surface area contributed by atoms with Gasteiger partial charge < -0.3 is 10.0 Å². The zero-order valence-corrected chi connectivity index (χ0v) is 10.1. The van der Waals surface area contributed by atoms with Gasteiger partial charge in [-0.25, -0.2) is 8.78 Å². The summed E-state index contributed by atoms with van der Waals surface area (Å²) < 4.78 is 26.1. The monoisotopic (exact) mass is 255 g/mol.